The van der Waals surface area contributed by atoms with Gasteiger partial charge in [-0.1, -0.05) is 36.4 Å². The van der Waals surface area contributed by atoms with Crippen LogP contribution in [0.3, 0.4) is 0 Å². The van der Waals surface area contributed by atoms with Gasteiger partial charge in [0.05, 0.1) is 69.5 Å². The zero-order valence-electron chi connectivity index (χ0n) is 32.5. The first-order valence-electron chi connectivity index (χ1n) is 19.1. The van der Waals surface area contributed by atoms with E-state index in [0.29, 0.717) is 84.5 Å². The van der Waals surface area contributed by atoms with Gasteiger partial charge in [0.1, 0.15) is 0 Å². The van der Waals surface area contributed by atoms with Gasteiger partial charge in [-0.2, -0.15) is 0 Å². The molecule has 0 fully saturated rings. The van der Waals surface area contributed by atoms with Gasteiger partial charge in [-0.05, 0) is 74.2 Å². The van der Waals surface area contributed by atoms with E-state index in [1.807, 2.05) is 48.5 Å². The second-order valence-corrected chi connectivity index (χ2v) is 14.0. The fourth-order valence-corrected chi connectivity index (χ4v) is 7.78. The molecule has 3 amide bonds. The molecule has 7 rings (SSSR count). The van der Waals surface area contributed by atoms with Crippen molar-refractivity contribution in [2.45, 2.75) is 51.0 Å². The lowest BCUT2D eigenvalue weighted by Gasteiger charge is -2.27. The van der Waals surface area contributed by atoms with Crippen LogP contribution in [0.1, 0.15) is 63.9 Å². The number of nitrogens with zero attached hydrogens (tertiary/aromatic N) is 4. The van der Waals surface area contributed by atoms with E-state index in [4.69, 9.17) is 23.7 Å². The molecule has 296 valence electrons. The molecular weight excluding hydrogens is 729 g/mol. The molecule has 3 aliphatic heterocycles. The Morgan fingerprint density at radius 2 is 1.42 bits per heavy atom. The van der Waals surface area contributed by atoms with E-state index >= 15 is 0 Å². The fraction of sp³-hybridized carbons (Fsp3) is 0.341. The third kappa shape index (κ3) is 7.87. The number of ether oxygens (including phenoxy) is 5. The van der Waals surface area contributed by atoms with Gasteiger partial charge < -0.3 is 38.4 Å². The Bertz CT molecular complexity index is 2200. The van der Waals surface area contributed by atoms with Gasteiger partial charge in [-0.15, -0.1) is 0 Å². The molecule has 57 heavy (non-hydrogen) atoms. The van der Waals surface area contributed by atoms with Crippen molar-refractivity contribution < 1.29 is 42.9 Å². The molecule has 13 nitrogen and oxygen atoms in total. The first-order chi connectivity index (χ1) is 27.8. The Hall–Kier alpha value is -6.37. The SMILES string of the molecule is C=Nc1cc(OCCCCCOc2cc3c(cc2OC)C(=O)N2c4ccccc4CC2CN3C(=O)CCC(=O)OC)c(OC)cc1C(=O)N1CCc2ccccc21. The van der Waals surface area contributed by atoms with E-state index in [1.54, 1.807) is 39.0 Å². The number of amides is 3. The molecule has 1 unspecified atom stereocenters. The van der Waals surface area contributed by atoms with Gasteiger partial charge in [-0.25, -0.2) is 0 Å². The molecule has 0 spiro atoms. The van der Waals surface area contributed by atoms with Crippen molar-refractivity contribution in [1.82, 2.24) is 0 Å². The Morgan fingerprint density at radius 3 is 2.12 bits per heavy atom. The minimum absolute atomic E-state index is 0.0720. The lowest BCUT2D eigenvalue weighted by atomic mass is 10.1. The number of benzene rings is 4. The Balaban J connectivity index is 0.996. The number of para-hydroxylation sites is 2. The van der Waals surface area contributed by atoms with Crippen LogP contribution >= 0.6 is 0 Å². The Labute approximate surface area is 331 Å². The van der Waals surface area contributed by atoms with Crippen molar-refractivity contribution >= 4 is 53.2 Å². The van der Waals surface area contributed by atoms with Crippen LogP contribution in [0.25, 0.3) is 0 Å². The summed E-state index contributed by atoms with van der Waals surface area (Å²) >= 11 is 0. The Morgan fingerprint density at radius 1 is 0.754 bits per heavy atom. The van der Waals surface area contributed by atoms with Gasteiger partial charge in [0.2, 0.25) is 5.91 Å². The molecule has 0 N–H and O–H groups in total. The molecule has 0 saturated heterocycles. The van der Waals surface area contributed by atoms with E-state index in [9.17, 15) is 19.2 Å². The number of unbranched alkanes of at least 4 members (excludes halogenated alkanes) is 2. The number of aliphatic imine (C=N–C) groups is 1. The lowest BCUT2D eigenvalue weighted by molar-refractivity contribution is -0.141. The van der Waals surface area contributed by atoms with Crippen molar-refractivity contribution in [3.63, 3.8) is 0 Å². The number of methoxy groups -OCH3 is 3. The summed E-state index contributed by atoms with van der Waals surface area (Å²) in [6.07, 6.45) is 3.38. The summed E-state index contributed by atoms with van der Waals surface area (Å²) in [4.78, 5) is 62.7. The molecule has 0 saturated carbocycles. The summed E-state index contributed by atoms with van der Waals surface area (Å²) in [7, 11) is 4.33. The van der Waals surface area contributed by atoms with Crippen LogP contribution in [0.2, 0.25) is 0 Å². The van der Waals surface area contributed by atoms with E-state index in [0.717, 1.165) is 35.3 Å². The second kappa shape index (κ2) is 17.2. The fourth-order valence-electron chi connectivity index (χ4n) is 7.78. The van der Waals surface area contributed by atoms with Crippen LogP contribution in [0.15, 0.2) is 77.8 Å². The summed E-state index contributed by atoms with van der Waals surface area (Å²) in [6.45, 7) is 5.26. The van der Waals surface area contributed by atoms with Crippen LogP contribution in [-0.4, -0.2) is 84.1 Å². The van der Waals surface area contributed by atoms with E-state index < -0.39 is 5.97 Å². The molecule has 4 aromatic carbocycles. The highest BCUT2D eigenvalue weighted by atomic mass is 16.5. The van der Waals surface area contributed by atoms with Crippen molar-refractivity contribution in [2.24, 2.45) is 4.99 Å². The smallest absolute Gasteiger partial charge is 0.306 e. The summed E-state index contributed by atoms with van der Waals surface area (Å²) in [6, 6.07) is 22.0. The maximum atomic E-state index is 14.2. The highest BCUT2D eigenvalue weighted by molar-refractivity contribution is 6.15. The van der Waals surface area contributed by atoms with Crippen molar-refractivity contribution in [1.29, 1.82) is 0 Å². The first-order valence-corrected chi connectivity index (χ1v) is 19.1. The number of fused-ring (bicyclic) bond motifs is 5. The number of carbonyl (C=O) groups excluding carboxylic acids is 4. The van der Waals surface area contributed by atoms with Gasteiger partial charge in [-0.3, -0.25) is 24.2 Å². The van der Waals surface area contributed by atoms with E-state index in [-0.39, 0.29) is 43.1 Å². The monoisotopic (exact) mass is 774 g/mol. The standard InChI is InChI=1S/C44H46N4O9/c1-45-33-25-39(37(53-2)23-31(33)43(51)46-19-18-28-12-6-8-14-34(28)46)56-20-10-5-11-21-57-40-26-36-32(24-38(40)54-3)44(52)48-30(22-29-13-7-9-15-35(29)48)27-47(36)41(49)16-17-42(50)55-4/h6-9,12-15,23-26,30H,1,5,10-11,16-22,27H2,2-4H3. The molecule has 1 atom stereocenters. The molecule has 4 aromatic rings. The summed E-state index contributed by atoms with van der Waals surface area (Å²) in [5.41, 5.74) is 5.40. The van der Waals surface area contributed by atoms with E-state index in [1.165, 1.54) is 21.3 Å². The highest BCUT2D eigenvalue weighted by Crippen LogP contribution is 2.43. The van der Waals surface area contributed by atoms with Gasteiger partial charge >= 0.3 is 5.97 Å². The van der Waals surface area contributed by atoms with Crippen LogP contribution < -0.4 is 33.6 Å². The van der Waals surface area contributed by atoms with Crippen molar-refractivity contribution in [3.8, 4) is 23.0 Å². The quantitative estimate of drug-likeness (QED) is 0.0731. The summed E-state index contributed by atoms with van der Waals surface area (Å²) in [5, 5.41) is 0. The molecule has 3 heterocycles. The maximum absolute atomic E-state index is 14.2. The predicted molar refractivity (Wildman–Crippen MR) is 216 cm³/mol. The highest BCUT2D eigenvalue weighted by Gasteiger charge is 2.41. The average molecular weight is 775 g/mol. The number of hydrogen-bond donors (Lipinski definition) is 0. The van der Waals surface area contributed by atoms with Crippen molar-refractivity contribution in [2.75, 3.05) is 62.3 Å². The molecule has 3 aliphatic rings. The minimum atomic E-state index is -0.486. The third-order valence-electron chi connectivity index (χ3n) is 10.7. The first kappa shape index (κ1) is 38.9. The minimum Gasteiger partial charge on any atom is -0.493 e. The molecular formula is C44H46N4O9. The van der Waals surface area contributed by atoms with Crippen molar-refractivity contribution in [3.05, 3.63) is 95.1 Å². The second-order valence-electron chi connectivity index (χ2n) is 14.0. The summed E-state index contributed by atoms with van der Waals surface area (Å²) in [5.74, 6) is 0.469. The van der Waals surface area contributed by atoms with Gasteiger partial charge in [0.25, 0.3) is 11.8 Å². The average Bonchev–Trinajstić information content (AvgIpc) is 3.82. The van der Waals surface area contributed by atoms with E-state index in [2.05, 4.69) is 11.7 Å². The van der Waals surface area contributed by atoms with Crippen LogP contribution in [-0.2, 0) is 27.2 Å². The molecule has 0 radical (unpaired) electrons. The zero-order chi connectivity index (χ0) is 40.1. The molecule has 13 heteroatoms. The number of anilines is 3. The molecule has 0 aromatic heterocycles. The van der Waals surface area contributed by atoms with Crippen LogP contribution in [0, 0.1) is 0 Å². The van der Waals surface area contributed by atoms with Gasteiger partial charge in [0.15, 0.2) is 23.0 Å². The maximum Gasteiger partial charge on any atom is 0.306 e. The summed E-state index contributed by atoms with van der Waals surface area (Å²) < 4.78 is 28.4. The number of carbonyl (C=O) groups is 4. The zero-order valence-corrected chi connectivity index (χ0v) is 32.5. The normalized spacial score (nSPS) is 15.2. The largest absolute Gasteiger partial charge is 0.493 e. The lowest BCUT2D eigenvalue weighted by Crippen LogP contribution is -2.44. The van der Waals surface area contributed by atoms with Crippen LogP contribution in [0.4, 0.5) is 22.7 Å². The molecule has 0 bridgehead atoms. The number of esters is 1. The van der Waals surface area contributed by atoms with Gasteiger partial charge in [0, 0.05) is 43.0 Å². The van der Waals surface area contributed by atoms with Crippen LogP contribution in [0.5, 0.6) is 23.0 Å². The number of hydrogen-bond acceptors (Lipinski definition) is 10. The Kier molecular flexibility index (Phi) is 11.7. The number of rotatable bonds is 15. The topological polar surface area (TPSA) is 137 Å². The predicted octanol–water partition coefficient (Wildman–Crippen LogP) is 6.74. The molecule has 0 aliphatic carbocycles. The third-order valence-corrected chi connectivity index (χ3v) is 10.7.